The van der Waals surface area contributed by atoms with Crippen molar-refractivity contribution >= 4 is 35.0 Å². The molecule has 1 aliphatic heterocycles. The van der Waals surface area contributed by atoms with Crippen molar-refractivity contribution in [3.05, 3.63) is 29.8 Å². The Morgan fingerprint density at radius 3 is 2.79 bits per heavy atom. The van der Waals surface area contributed by atoms with Crippen LogP contribution in [0, 0.1) is 0 Å². The summed E-state index contributed by atoms with van der Waals surface area (Å²) in [6.45, 7) is 2.00. The van der Waals surface area contributed by atoms with E-state index in [1.54, 1.807) is 0 Å². The average molecular weight is 278 g/mol. The van der Waals surface area contributed by atoms with Crippen LogP contribution in [0.1, 0.15) is 12.5 Å². The zero-order valence-electron chi connectivity index (χ0n) is 10.4. The number of para-hydroxylation sites is 1. The van der Waals surface area contributed by atoms with Gasteiger partial charge in [-0.2, -0.15) is 0 Å². The highest BCUT2D eigenvalue weighted by Crippen LogP contribution is 2.15. The maximum atomic E-state index is 11.3. The van der Waals surface area contributed by atoms with Crippen LogP contribution in [0.15, 0.2) is 24.3 Å². The van der Waals surface area contributed by atoms with Gasteiger partial charge >= 0.3 is 6.03 Å². The molecule has 100 valence electrons. The first-order chi connectivity index (χ1) is 9.10. The number of amides is 3. The van der Waals surface area contributed by atoms with Crippen LogP contribution in [-0.4, -0.2) is 28.6 Å². The van der Waals surface area contributed by atoms with E-state index in [9.17, 15) is 9.59 Å². The van der Waals surface area contributed by atoms with Gasteiger partial charge in [0.05, 0.1) is 0 Å². The monoisotopic (exact) mass is 278 g/mol. The van der Waals surface area contributed by atoms with Gasteiger partial charge in [0.25, 0.3) is 0 Å². The lowest BCUT2D eigenvalue weighted by molar-refractivity contribution is -0.118. The maximum Gasteiger partial charge on any atom is 0.343 e. The van der Waals surface area contributed by atoms with E-state index in [0.717, 1.165) is 22.7 Å². The first-order valence-electron chi connectivity index (χ1n) is 5.87. The van der Waals surface area contributed by atoms with E-state index in [-0.39, 0.29) is 17.6 Å². The number of rotatable bonds is 3. The Morgan fingerprint density at radius 2 is 2.16 bits per heavy atom. The van der Waals surface area contributed by atoms with E-state index in [4.69, 9.17) is 12.2 Å². The maximum absolute atomic E-state index is 11.3. The molecule has 6 nitrogen and oxygen atoms in total. The standard InChI is InChI=1S/C12H14N4O2S/c1-2-8-5-3-4-6-9(8)13-11(19)15-16-7-10(17)14-12(16)18/h3-6H,2,7H2,1H3,(H2,13,15,19)(H,14,17,18). The van der Waals surface area contributed by atoms with Crippen LogP contribution in [0.4, 0.5) is 10.5 Å². The molecule has 19 heavy (non-hydrogen) atoms. The van der Waals surface area contributed by atoms with Crippen LogP contribution >= 0.6 is 12.2 Å². The SMILES string of the molecule is CCc1ccccc1NC(=S)NN1CC(=O)NC1=O. The Kier molecular flexibility index (Phi) is 3.96. The quantitative estimate of drug-likeness (QED) is 0.568. The van der Waals surface area contributed by atoms with E-state index in [0.29, 0.717) is 0 Å². The molecule has 0 aromatic heterocycles. The molecule has 1 aliphatic rings. The summed E-state index contributed by atoms with van der Waals surface area (Å²) < 4.78 is 0. The van der Waals surface area contributed by atoms with Crippen molar-refractivity contribution in [1.82, 2.24) is 15.8 Å². The minimum atomic E-state index is -0.502. The number of hydrogen-bond acceptors (Lipinski definition) is 3. The number of nitrogens with one attached hydrogen (secondary N) is 3. The zero-order valence-corrected chi connectivity index (χ0v) is 11.2. The molecule has 0 unspecified atom stereocenters. The van der Waals surface area contributed by atoms with Crippen LogP contribution < -0.4 is 16.1 Å². The number of anilines is 1. The van der Waals surface area contributed by atoms with Crippen molar-refractivity contribution in [1.29, 1.82) is 0 Å². The highest BCUT2D eigenvalue weighted by atomic mass is 32.1. The molecule has 0 radical (unpaired) electrons. The lowest BCUT2D eigenvalue weighted by Crippen LogP contribution is -2.46. The van der Waals surface area contributed by atoms with Gasteiger partial charge in [0.2, 0.25) is 5.91 Å². The molecule has 0 atom stereocenters. The third-order valence-corrected chi connectivity index (χ3v) is 2.87. The molecule has 3 N–H and O–H groups in total. The van der Waals surface area contributed by atoms with E-state index in [2.05, 4.69) is 16.1 Å². The second kappa shape index (κ2) is 5.66. The number of hydrazine groups is 1. The number of thiocarbonyl (C=S) groups is 1. The average Bonchev–Trinajstić information content (AvgIpc) is 2.68. The van der Waals surface area contributed by atoms with Gasteiger partial charge < -0.3 is 5.32 Å². The summed E-state index contributed by atoms with van der Waals surface area (Å²) in [5.74, 6) is -0.353. The summed E-state index contributed by atoms with van der Waals surface area (Å²) >= 11 is 5.12. The van der Waals surface area contributed by atoms with E-state index < -0.39 is 6.03 Å². The van der Waals surface area contributed by atoms with Crippen LogP contribution in [0.2, 0.25) is 0 Å². The third kappa shape index (κ3) is 3.19. The Hall–Kier alpha value is -2.15. The molecular formula is C12H14N4O2S. The summed E-state index contributed by atoms with van der Waals surface area (Å²) in [5, 5.41) is 6.57. The molecule has 3 amide bonds. The Labute approximate surface area is 116 Å². The fraction of sp³-hybridized carbons (Fsp3) is 0.250. The normalized spacial score (nSPS) is 14.3. The second-order valence-electron chi connectivity index (χ2n) is 4.02. The lowest BCUT2D eigenvalue weighted by atomic mass is 10.1. The van der Waals surface area contributed by atoms with Crippen molar-refractivity contribution < 1.29 is 9.59 Å². The minimum absolute atomic E-state index is 0.0456. The molecule has 0 saturated carbocycles. The van der Waals surface area contributed by atoms with Gasteiger partial charge in [0.15, 0.2) is 5.11 Å². The van der Waals surface area contributed by atoms with Crippen LogP contribution in [0.25, 0.3) is 0 Å². The molecule has 1 aromatic rings. The number of aryl methyl sites for hydroxylation is 1. The number of imide groups is 1. The highest BCUT2D eigenvalue weighted by Gasteiger charge is 2.27. The van der Waals surface area contributed by atoms with Crippen LogP contribution in [-0.2, 0) is 11.2 Å². The molecule has 1 heterocycles. The van der Waals surface area contributed by atoms with E-state index in [1.807, 2.05) is 31.2 Å². The number of hydrogen-bond donors (Lipinski definition) is 3. The largest absolute Gasteiger partial charge is 0.343 e. The van der Waals surface area contributed by atoms with Gasteiger partial charge in [-0.3, -0.25) is 15.5 Å². The number of nitrogens with zero attached hydrogens (tertiary/aromatic N) is 1. The number of benzene rings is 1. The smallest absolute Gasteiger partial charge is 0.331 e. The Balaban J connectivity index is 1.98. The second-order valence-corrected chi connectivity index (χ2v) is 4.42. The van der Waals surface area contributed by atoms with Gasteiger partial charge in [-0.25, -0.2) is 9.80 Å². The van der Waals surface area contributed by atoms with Gasteiger partial charge in [-0.15, -0.1) is 0 Å². The summed E-state index contributed by atoms with van der Waals surface area (Å²) in [6, 6.07) is 7.25. The molecule has 0 spiro atoms. The molecule has 0 aliphatic carbocycles. The van der Waals surface area contributed by atoms with Crippen LogP contribution in [0.3, 0.4) is 0 Å². The number of carbonyl (C=O) groups is 2. The summed E-state index contributed by atoms with van der Waals surface area (Å²) in [6.07, 6.45) is 0.870. The predicted octanol–water partition coefficient (Wildman–Crippen LogP) is 1.00. The van der Waals surface area contributed by atoms with Gasteiger partial charge in [0.1, 0.15) is 6.54 Å². The van der Waals surface area contributed by atoms with Crippen molar-refractivity contribution in [3.63, 3.8) is 0 Å². The van der Waals surface area contributed by atoms with Crippen molar-refractivity contribution in [2.24, 2.45) is 0 Å². The van der Waals surface area contributed by atoms with Gasteiger partial charge in [-0.1, -0.05) is 25.1 Å². The van der Waals surface area contributed by atoms with E-state index in [1.165, 1.54) is 0 Å². The Bertz CT molecular complexity index is 532. The van der Waals surface area contributed by atoms with Crippen LogP contribution in [0.5, 0.6) is 0 Å². The molecule has 1 aromatic carbocycles. The molecule has 1 saturated heterocycles. The molecule has 1 fully saturated rings. The number of urea groups is 1. The topological polar surface area (TPSA) is 73.5 Å². The third-order valence-electron chi connectivity index (χ3n) is 2.68. The zero-order chi connectivity index (χ0) is 13.8. The predicted molar refractivity (Wildman–Crippen MR) is 75.4 cm³/mol. The van der Waals surface area contributed by atoms with Gasteiger partial charge in [-0.05, 0) is 30.3 Å². The number of carbonyl (C=O) groups excluding carboxylic acids is 2. The summed E-state index contributed by atoms with van der Waals surface area (Å²) in [4.78, 5) is 22.4. The molecule has 0 bridgehead atoms. The summed E-state index contributed by atoms with van der Waals surface area (Å²) in [5.41, 5.74) is 4.68. The molecule has 7 heteroatoms. The first-order valence-corrected chi connectivity index (χ1v) is 6.28. The Morgan fingerprint density at radius 1 is 1.42 bits per heavy atom. The summed E-state index contributed by atoms with van der Waals surface area (Å²) in [7, 11) is 0. The van der Waals surface area contributed by atoms with Gasteiger partial charge in [0, 0.05) is 5.69 Å². The first kappa shape index (κ1) is 13.3. The fourth-order valence-electron chi connectivity index (χ4n) is 1.76. The lowest BCUT2D eigenvalue weighted by Gasteiger charge is -2.18. The van der Waals surface area contributed by atoms with Crippen molar-refractivity contribution in [3.8, 4) is 0 Å². The fourth-order valence-corrected chi connectivity index (χ4v) is 1.98. The minimum Gasteiger partial charge on any atom is -0.331 e. The highest BCUT2D eigenvalue weighted by molar-refractivity contribution is 7.80. The van der Waals surface area contributed by atoms with Crippen molar-refractivity contribution in [2.75, 3.05) is 11.9 Å². The van der Waals surface area contributed by atoms with E-state index >= 15 is 0 Å². The molecular weight excluding hydrogens is 264 g/mol. The molecule has 2 rings (SSSR count). The van der Waals surface area contributed by atoms with Crippen molar-refractivity contribution in [2.45, 2.75) is 13.3 Å².